The van der Waals surface area contributed by atoms with E-state index in [1.165, 1.54) is 18.4 Å². The number of hydrogen-bond acceptors (Lipinski definition) is 4. The molecule has 2 N–H and O–H groups in total. The second kappa shape index (κ2) is 9.58. The number of rotatable bonds is 7. The molecule has 9 heteroatoms. The molecule has 0 saturated heterocycles. The molecular formula is C20H33N5O3S. The highest BCUT2D eigenvalue weighted by Gasteiger charge is 2.42. The van der Waals surface area contributed by atoms with E-state index in [0.717, 1.165) is 25.7 Å². The van der Waals surface area contributed by atoms with Crippen LogP contribution in [0.2, 0.25) is 0 Å². The molecule has 0 aromatic heterocycles. The number of sulfonamides is 1. The summed E-state index contributed by atoms with van der Waals surface area (Å²) >= 11 is 0. The molecule has 0 atom stereocenters. The summed E-state index contributed by atoms with van der Waals surface area (Å²) in [5.41, 5.74) is 0.247. The molecule has 1 fully saturated rings. The molecule has 0 spiro atoms. The summed E-state index contributed by atoms with van der Waals surface area (Å²) in [4.78, 5) is 18.9. The van der Waals surface area contributed by atoms with Crippen LogP contribution < -0.4 is 10.6 Å². The number of nitrogens with one attached hydrogen (secondary N) is 2. The van der Waals surface area contributed by atoms with Gasteiger partial charge in [0.1, 0.15) is 0 Å². The van der Waals surface area contributed by atoms with Gasteiger partial charge in [0.15, 0.2) is 5.96 Å². The van der Waals surface area contributed by atoms with Crippen LogP contribution >= 0.6 is 0 Å². The number of benzene rings is 1. The van der Waals surface area contributed by atoms with Crippen LogP contribution in [-0.4, -0.2) is 71.3 Å². The van der Waals surface area contributed by atoms with Crippen LogP contribution in [0.3, 0.4) is 0 Å². The quantitative estimate of drug-likeness (QED) is 0.509. The Morgan fingerprint density at radius 1 is 1.10 bits per heavy atom. The minimum atomic E-state index is -3.54. The molecule has 2 rings (SSSR count). The van der Waals surface area contributed by atoms with Gasteiger partial charge in [-0.25, -0.2) is 12.7 Å². The summed E-state index contributed by atoms with van der Waals surface area (Å²) in [6.45, 7) is 0.804. The van der Waals surface area contributed by atoms with Crippen LogP contribution in [0.4, 0.5) is 0 Å². The zero-order valence-corrected chi connectivity index (χ0v) is 18.8. The predicted octanol–water partition coefficient (Wildman–Crippen LogP) is 1.25. The lowest BCUT2D eigenvalue weighted by atomic mass is 9.84. The Bertz CT molecular complexity index is 843. The molecule has 8 nitrogen and oxygen atoms in total. The summed E-state index contributed by atoms with van der Waals surface area (Å²) in [6, 6.07) is 6.91. The van der Waals surface area contributed by atoms with Gasteiger partial charge in [-0.3, -0.25) is 9.79 Å². The minimum Gasteiger partial charge on any atom is -0.355 e. The lowest BCUT2D eigenvalue weighted by Crippen LogP contribution is -2.49. The Morgan fingerprint density at radius 3 is 2.28 bits per heavy atom. The summed E-state index contributed by atoms with van der Waals surface area (Å²) in [5.74, 6) is 0.681. The van der Waals surface area contributed by atoms with E-state index in [1.54, 1.807) is 44.2 Å². The molecule has 1 aliphatic rings. The number of carbonyl (C=O) groups is 1. The molecule has 0 unspecified atom stereocenters. The van der Waals surface area contributed by atoms with Crippen molar-refractivity contribution in [1.82, 2.24) is 19.8 Å². The standard InChI is InChI=1S/C20H33N5O3S/c1-21-19(23-15-20(12-8-9-13-20)18(26)24(2)3)22-14-16-10-6-7-11-17(16)29(27,28)25(4)5/h6-7,10-11H,8-9,12-15H2,1-5H3,(H2,21,22,23). The van der Waals surface area contributed by atoms with E-state index in [4.69, 9.17) is 0 Å². The fourth-order valence-corrected chi connectivity index (χ4v) is 4.86. The van der Waals surface area contributed by atoms with E-state index in [0.29, 0.717) is 24.6 Å². The van der Waals surface area contributed by atoms with Gasteiger partial charge in [0.25, 0.3) is 0 Å². The average molecular weight is 424 g/mol. The third-order valence-corrected chi connectivity index (χ3v) is 7.33. The summed E-state index contributed by atoms with van der Waals surface area (Å²) in [6.07, 6.45) is 3.81. The van der Waals surface area contributed by atoms with Crippen LogP contribution in [0.1, 0.15) is 31.2 Å². The van der Waals surface area contributed by atoms with E-state index in [2.05, 4.69) is 15.6 Å². The first-order valence-corrected chi connectivity index (χ1v) is 11.2. The average Bonchev–Trinajstić information content (AvgIpc) is 3.17. The van der Waals surface area contributed by atoms with E-state index in [1.807, 2.05) is 6.07 Å². The maximum Gasteiger partial charge on any atom is 0.242 e. The number of nitrogens with zero attached hydrogens (tertiary/aromatic N) is 3. The van der Waals surface area contributed by atoms with Gasteiger partial charge in [0, 0.05) is 48.3 Å². The van der Waals surface area contributed by atoms with Crippen molar-refractivity contribution in [3.05, 3.63) is 29.8 Å². The monoisotopic (exact) mass is 423 g/mol. The van der Waals surface area contributed by atoms with Gasteiger partial charge >= 0.3 is 0 Å². The van der Waals surface area contributed by atoms with Crippen molar-refractivity contribution in [2.24, 2.45) is 10.4 Å². The van der Waals surface area contributed by atoms with E-state index in [9.17, 15) is 13.2 Å². The van der Waals surface area contributed by atoms with Gasteiger partial charge in [-0.15, -0.1) is 0 Å². The molecule has 29 heavy (non-hydrogen) atoms. The minimum absolute atomic E-state index is 0.139. The normalized spacial score (nSPS) is 16.7. The molecule has 0 bridgehead atoms. The highest BCUT2D eigenvalue weighted by Crippen LogP contribution is 2.38. The van der Waals surface area contributed by atoms with Gasteiger partial charge in [0.05, 0.1) is 10.3 Å². The molecule has 1 aromatic rings. The first-order valence-electron chi connectivity index (χ1n) is 9.81. The van der Waals surface area contributed by atoms with Crippen molar-refractivity contribution in [3.63, 3.8) is 0 Å². The van der Waals surface area contributed by atoms with Gasteiger partial charge in [-0.2, -0.15) is 0 Å². The van der Waals surface area contributed by atoms with Crippen molar-refractivity contribution >= 4 is 21.9 Å². The molecule has 162 valence electrons. The molecule has 1 aliphatic carbocycles. The number of guanidine groups is 1. The van der Waals surface area contributed by atoms with Crippen LogP contribution in [0.15, 0.2) is 34.2 Å². The highest BCUT2D eigenvalue weighted by atomic mass is 32.2. The van der Waals surface area contributed by atoms with Gasteiger partial charge < -0.3 is 15.5 Å². The van der Waals surface area contributed by atoms with Crippen LogP contribution in [0, 0.1) is 5.41 Å². The summed E-state index contributed by atoms with van der Waals surface area (Å²) in [7, 11) is 4.74. The smallest absolute Gasteiger partial charge is 0.242 e. The van der Waals surface area contributed by atoms with E-state index < -0.39 is 15.4 Å². The third kappa shape index (κ3) is 5.27. The predicted molar refractivity (Wildman–Crippen MR) is 115 cm³/mol. The Labute approximate surface area is 174 Å². The first kappa shape index (κ1) is 23.2. The second-order valence-electron chi connectivity index (χ2n) is 7.86. The van der Waals surface area contributed by atoms with Crippen LogP contribution in [0.25, 0.3) is 0 Å². The topological polar surface area (TPSA) is 94.1 Å². The highest BCUT2D eigenvalue weighted by molar-refractivity contribution is 7.89. The Kier molecular flexibility index (Phi) is 7.65. The van der Waals surface area contributed by atoms with Gasteiger partial charge in [0.2, 0.25) is 15.9 Å². The maximum absolute atomic E-state index is 12.7. The molecule has 0 heterocycles. The third-order valence-electron chi connectivity index (χ3n) is 5.42. The van der Waals surface area contributed by atoms with Gasteiger partial charge in [-0.1, -0.05) is 31.0 Å². The van der Waals surface area contributed by atoms with Crippen LogP contribution in [-0.2, 0) is 21.4 Å². The molecule has 1 aromatic carbocycles. The fourth-order valence-electron chi connectivity index (χ4n) is 3.74. The number of aliphatic imine (C=N–C) groups is 1. The first-order chi connectivity index (χ1) is 13.6. The molecule has 0 aliphatic heterocycles. The van der Waals surface area contributed by atoms with Gasteiger partial charge in [-0.05, 0) is 24.5 Å². The molecular weight excluding hydrogens is 390 g/mol. The zero-order valence-electron chi connectivity index (χ0n) is 18.0. The number of amides is 1. The van der Waals surface area contributed by atoms with Crippen LogP contribution in [0.5, 0.6) is 0 Å². The van der Waals surface area contributed by atoms with Crippen molar-refractivity contribution < 1.29 is 13.2 Å². The van der Waals surface area contributed by atoms with E-state index in [-0.39, 0.29) is 10.8 Å². The van der Waals surface area contributed by atoms with Crippen molar-refractivity contribution in [1.29, 1.82) is 0 Å². The lowest BCUT2D eigenvalue weighted by molar-refractivity contribution is -0.138. The number of carbonyl (C=O) groups excluding carboxylic acids is 1. The van der Waals surface area contributed by atoms with Crippen molar-refractivity contribution in [2.45, 2.75) is 37.1 Å². The Morgan fingerprint density at radius 2 is 1.72 bits per heavy atom. The second-order valence-corrected chi connectivity index (χ2v) is 9.98. The SMILES string of the molecule is CN=C(NCc1ccccc1S(=O)(=O)N(C)C)NCC1(C(=O)N(C)C)CCCC1. The molecule has 1 amide bonds. The lowest BCUT2D eigenvalue weighted by Gasteiger charge is -2.31. The largest absolute Gasteiger partial charge is 0.355 e. The summed E-state index contributed by atoms with van der Waals surface area (Å²) in [5, 5.41) is 6.45. The molecule has 1 saturated carbocycles. The zero-order chi connectivity index (χ0) is 21.7. The number of hydrogen-bond donors (Lipinski definition) is 2. The Balaban J connectivity index is 2.08. The van der Waals surface area contributed by atoms with Crippen molar-refractivity contribution in [2.75, 3.05) is 41.8 Å². The molecule has 0 radical (unpaired) electrons. The maximum atomic E-state index is 12.7. The Hall–Kier alpha value is -2.13. The summed E-state index contributed by atoms with van der Waals surface area (Å²) < 4.78 is 26.3. The fraction of sp³-hybridized carbons (Fsp3) is 0.600. The van der Waals surface area contributed by atoms with E-state index >= 15 is 0 Å². The van der Waals surface area contributed by atoms with Crippen molar-refractivity contribution in [3.8, 4) is 0 Å².